The summed E-state index contributed by atoms with van der Waals surface area (Å²) in [6.07, 6.45) is 2.25. The van der Waals surface area contributed by atoms with Crippen LogP contribution in [0.3, 0.4) is 0 Å². The minimum atomic E-state index is -0.354. The molecular weight excluding hydrogens is 374 g/mol. The number of aryl methyl sites for hydroxylation is 1. The van der Waals surface area contributed by atoms with Crippen LogP contribution in [0.25, 0.3) is 0 Å². The largest absolute Gasteiger partial charge is 0.484 e. The number of furan rings is 1. The number of nitrogens with one attached hydrogen (secondary N) is 2. The van der Waals surface area contributed by atoms with Crippen molar-refractivity contribution in [2.75, 3.05) is 26.9 Å². The second-order valence-electron chi connectivity index (χ2n) is 6.65. The Bertz CT molecular complexity index is 889. The minimum Gasteiger partial charge on any atom is -0.484 e. The summed E-state index contributed by atoms with van der Waals surface area (Å²) in [5.74, 6) is 0.976. The van der Waals surface area contributed by atoms with Crippen LogP contribution in [0.1, 0.15) is 40.3 Å². The third-order valence-electron chi connectivity index (χ3n) is 4.55. The number of amides is 2. The van der Waals surface area contributed by atoms with Gasteiger partial charge in [-0.05, 0) is 31.9 Å². The number of carbonyl (C=O) groups excluding carboxylic acids is 2. The molecule has 0 radical (unpaired) electrons. The van der Waals surface area contributed by atoms with E-state index in [9.17, 15) is 9.59 Å². The number of nitrogens with zero attached hydrogens (tertiary/aromatic N) is 1. The number of fused-ring (bicyclic) bond motifs is 1. The molecule has 2 N–H and O–H groups in total. The van der Waals surface area contributed by atoms with Crippen LogP contribution in [-0.4, -0.2) is 44.4 Å². The Labute approximate surface area is 169 Å². The van der Waals surface area contributed by atoms with Crippen molar-refractivity contribution in [3.63, 3.8) is 0 Å². The lowest BCUT2D eigenvalue weighted by Gasteiger charge is -2.13. The van der Waals surface area contributed by atoms with Gasteiger partial charge < -0.3 is 19.2 Å². The minimum absolute atomic E-state index is 0.134. The second-order valence-corrected chi connectivity index (χ2v) is 6.65. The molecule has 1 aromatic carbocycles. The van der Waals surface area contributed by atoms with Crippen LogP contribution >= 0.6 is 0 Å². The summed E-state index contributed by atoms with van der Waals surface area (Å²) in [6.45, 7) is 2.52. The summed E-state index contributed by atoms with van der Waals surface area (Å²) in [4.78, 5) is 24.4. The lowest BCUT2D eigenvalue weighted by atomic mass is 9.93. The maximum absolute atomic E-state index is 12.4. The van der Waals surface area contributed by atoms with Crippen molar-refractivity contribution in [1.29, 1.82) is 0 Å². The summed E-state index contributed by atoms with van der Waals surface area (Å²) < 4.78 is 16.2. The van der Waals surface area contributed by atoms with Crippen LogP contribution in [0.4, 0.5) is 0 Å². The van der Waals surface area contributed by atoms with Crippen molar-refractivity contribution in [3.8, 4) is 5.75 Å². The molecule has 2 amide bonds. The quantitative estimate of drug-likeness (QED) is 0.523. The van der Waals surface area contributed by atoms with Crippen molar-refractivity contribution in [3.05, 3.63) is 53.0 Å². The molecule has 8 nitrogen and oxygen atoms in total. The Kier molecular flexibility index (Phi) is 7.02. The lowest BCUT2D eigenvalue weighted by Crippen LogP contribution is -2.27. The van der Waals surface area contributed by atoms with E-state index < -0.39 is 0 Å². The molecule has 8 heteroatoms. The first-order chi connectivity index (χ1) is 14.1. The standard InChI is InChI=1S/C21H25N3O5/c1-14-19-16(23-24-18(25)13-28-15-7-4-3-5-8-15)9-6-10-17(19)29-20(14)21(26)22-11-12-27-2/h3-5,7-8H,6,9-13H2,1-2H3,(H,22,26)(H,24,25)/b23-16+. The monoisotopic (exact) mass is 399 g/mol. The topological polar surface area (TPSA) is 102 Å². The normalized spacial score (nSPS) is 14.3. The van der Waals surface area contributed by atoms with Gasteiger partial charge in [0, 0.05) is 31.2 Å². The van der Waals surface area contributed by atoms with E-state index in [0.29, 0.717) is 31.0 Å². The van der Waals surface area contributed by atoms with E-state index in [1.807, 2.05) is 25.1 Å². The third kappa shape index (κ3) is 5.23. The SMILES string of the molecule is COCCNC(=O)c1oc2c(c1C)/C(=N/NC(=O)COc1ccccc1)CCC2. The average Bonchev–Trinajstić information content (AvgIpc) is 3.09. The van der Waals surface area contributed by atoms with Gasteiger partial charge in [-0.15, -0.1) is 0 Å². The van der Waals surface area contributed by atoms with Crippen molar-refractivity contribution < 1.29 is 23.5 Å². The van der Waals surface area contributed by atoms with E-state index in [2.05, 4.69) is 15.8 Å². The highest BCUT2D eigenvalue weighted by Crippen LogP contribution is 2.29. The Morgan fingerprint density at radius 3 is 2.76 bits per heavy atom. The van der Waals surface area contributed by atoms with Crippen LogP contribution in [0, 0.1) is 6.92 Å². The van der Waals surface area contributed by atoms with Gasteiger partial charge >= 0.3 is 0 Å². The van der Waals surface area contributed by atoms with Crippen LogP contribution in [0.2, 0.25) is 0 Å². The summed E-state index contributed by atoms with van der Waals surface area (Å²) in [6, 6.07) is 9.10. The molecule has 0 spiro atoms. The Hall–Kier alpha value is -3.13. The molecule has 0 fully saturated rings. The van der Waals surface area contributed by atoms with Gasteiger partial charge in [0.05, 0.1) is 12.3 Å². The molecule has 154 valence electrons. The number of methoxy groups -OCH3 is 1. The van der Waals surface area contributed by atoms with E-state index in [1.54, 1.807) is 19.2 Å². The van der Waals surface area contributed by atoms with Gasteiger partial charge in [-0.25, -0.2) is 5.43 Å². The van der Waals surface area contributed by atoms with Crippen molar-refractivity contribution in [2.24, 2.45) is 5.10 Å². The number of ether oxygens (including phenoxy) is 2. The van der Waals surface area contributed by atoms with E-state index >= 15 is 0 Å². The van der Waals surface area contributed by atoms with Gasteiger partial charge in [0.15, 0.2) is 12.4 Å². The summed E-state index contributed by atoms with van der Waals surface area (Å²) in [5.41, 5.74) is 4.77. The number of hydrogen-bond donors (Lipinski definition) is 2. The molecule has 29 heavy (non-hydrogen) atoms. The van der Waals surface area contributed by atoms with E-state index in [1.165, 1.54) is 0 Å². The molecule has 1 heterocycles. The molecule has 0 atom stereocenters. The molecule has 1 aliphatic rings. The number of para-hydroxylation sites is 1. The van der Waals surface area contributed by atoms with Crippen LogP contribution in [0.15, 0.2) is 39.9 Å². The Morgan fingerprint density at radius 2 is 2.00 bits per heavy atom. The fraction of sp³-hybridized carbons (Fsp3) is 0.381. The maximum Gasteiger partial charge on any atom is 0.287 e. The highest BCUT2D eigenvalue weighted by atomic mass is 16.5. The number of hydrogen-bond acceptors (Lipinski definition) is 6. The van der Waals surface area contributed by atoms with Gasteiger partial charge in [0.1, 0.15) is 11.5 Å². The fourth-order valence-corrected chi connectivity index (χ4v) is 3.17. The number of carbonyl (C=O) groups is 2. The van der Waals surface area contributed by atoms with E-state index in [0.717, 1.165) is 29.7 Å². The molecule has 1 aliphatic carbocycles. The molecule has 0 bridgehead atoms. The number of hydrazone groups is 1. The van der Waals surface area contributed by atoms with Crippen LogP contribution < -0.4 is 15.5 Å². The molecule has 0 aliphatic heterocycles. The van der Waals surface area contributed by atoms with Crippen molar-refractivity contribution >= 4 is 17.5 Å². The molecule has 3 rings (SSSR count). The molecule has 0 saturated carbocycles. The smallest absolute Gasteiger partial charge is 0.287 e. The highest BCUT2D eigenvalue weighted by molar-refractivity contribution is 6.06. The molecule has 0 unspecified atom stereocenters. The number of rotatable bonds is 8. The van der Waals surface area contributed by atoms with Gasteiger partial charge in [0.2, 0.25) is 0 Å². The third-order valence-corrected chi connectivity index (χ3v) is 4.55. The van der Waals surface area contributed by atoms with Gasteiger partial charge in [-0.3, -0.25) is 9.59 Å². The molecule has 1 aromatic heterocycles. The summed E-state index contributed by atoms with van der Waals surface area (Å²) >= 11 is 0. The zero-order valence-corrected chi connectivity index (χ0v) is 16.6. The van der Waals surface area contributed by atoms with Gasteiger partial charge in [-0.1, -0.05) is 18.2 Å². The van der Waals surface area contributed by atoms with Crippen molar-refractivity contribution in [2.45, 2.75) is 26.2 Å². The number of benzene rings is 1. The van der Waals surface area contributed by atoms with Gasteiger partial charge in [0.25, 0.3) is 11.8 Å². The average molecular weight is 399 g/mol. The molecular formula is C21H25N3O5. The Balaban J connectivity index is 1.66. The first kappa shape index (κ1) is 20.6. The Morgan fingerprint density at radius 1 is 1.21 bits per heavy atom. The summed E-state index contributed by atoms with van der Waals surface area (Å²) in [5, 5.41) is 7.03. The first-order valence-electron chi connectivity index (χ1n) is 9.53. The maximum atomic E-state index is 12.4. The zero-order chi connectivity index (χ0) is 20.6. The highest BCUT2D eigenvalue weighted by Gasteiger charge is 2.27. The molecule has 0 saturated heterocycles. The fourth-order valence-electron chi connectivity index (χ4n) is 3.17. The first-order valence-corrected chi connectivity index (χ1v) is 9.53. The van der Waals surface area contributed by atoms with Gasteiger partial charge in [-0.2, -0.15) is 5.10 Å². The van der Waals surface area contributed by atoms with E-state index in [-0.39, 0.29) is 24.2 Å². The predicted octanol–water partition coefficient (Wildman–Crippen LogP) is 2.20. The zero-order valence-electron chi connectivity index (χ0n) is 16.6. The molecule has 2 aromatic rings. The van der Waals surface area contributed by atoms with Crippen molar-refractivity contribution in [1.82, 2.24) is 10.7 Å². The van der Waals surface area contributed by atoms with Crippen LogP contribution in [-0.2, 0) is 16.0 Å². The van der Waals surface area contributed by atoms with E-state index in [4.69, 9.17) is 13.9 Å². The lowest BCUT2D eigenvalue weighted by molar-refractivity contribution is -0.123. The second kappa shape index (κ2) is 9.88. The summed E-state index contributed by atoms with van der Waals surface area (Å²) in [7, 11) is 1.57. The van der Waals surface area contributed by atoms with Crippen LogP contribution in [0.5, 0.6) is 5.75 Å². The predicted molar refractivity (Wildman–Crippen MR) is 107 cm³/mol.